The van der Waals surface area contributed by atoms with E-state index in [0.29, 0.717) is 23.2 Å². The van der Waals surface area contributed by atoms with E-state index >= 15 is 0 Å². The van der Waals surface area contributed by atoms with Crippen LogP contribution in [0.15, 0.2) is 54.6 Å². The molecule has 9 heteroatoms. The molecule has 0 unspecified atom stereocenters. The lowest BCUT2D eigenvalue weighted by Gasteiger charge is -2.39. The number of aliphatic hydroxyl groups excluding tert-OH is 4. The molecule has 5 atom stereocenters. The molecule has 0 saturated carbocycles. The number of nitrogens with zero attached hydrogens (tertiary/aromatic N) is 2. The Balaban J connectivity index is 1.82. The van der Waals surface area contributed by atoms with Gasteiger partial charge in [-0.3, -0.25) is 4.68 Å². The standard InChI is InChI=1S/C25H29FN2O6/c1-14(2)28-20(16-10-6-7-11-18(16)26)17(12-15-8-4-3-5-9-15)24(27-28)34-25-23(32)22(31)21(30)19(13-29)33-25/h3-11,14,19,21-23,25,29-32H,12-13H2,1-2H3/t19-,21-,22+,23-,25+/m1/s1. The number of ether oxygens (including phenoxy) is 2. The first-order chi connectivity index (χ1) is 16.3. The zero-order chi connectivity index (χ0) is 24.4. The van der Waals surface area contributed by atoms with E-state index in [-0.39, 0.29) is 11.9 Å². The van der Waals surface area contributed by atoms with Crippen LogP contribution in [0.25, 0.3) is 11.3 Å². The summed E-state index contributed by atoms with van der Waals surface area (Å²) in [5, 5.41) is 44.8. The summed E-state index contributed by atoms with van der Waals surface area (Å²) in [5.41, 5.74) is 2.37. The van der Waals surface area contributed by atoms with Crippen LogP contribution in [0.4, 0.5) is 4.39 Å². The SMILES string of the molecule is CC(C)n1nc(O[C@@H]2O[C@H](CO)[C@@H](O)[C@H](O)[C@H]2O)c(Cc2ccccc2)c1-c1ccccc1F. The van der Waals surface area contributed by atoms with Gasteiger partial charge < -0.3 is 29.9 Å². The van der Waals surface area contributed by atoms with Crippen molar-refractivity contribution in [2.75, 3.05) is 6.61 Å². The van der Waals surface area contributed by atoms with Crippen LogP contribution < -0.4 is 4.74 Å². The normalized spacial score (nSPS) is 25.0. The summed E-state index contributed by atoms with van der Waals surface area (Å²) >= 11 is 0. The van der Waals surface area contributed by atoms with Gasteiger partial charge in [0, 0.05) is 23.6 Å². The first-order valence-corrected chi connectivity index (χ1v) is 11.2. The molecule has 1 aliphatic heterocycles. The van der Waals surface area contributed by atoms with Gasteiger partial charge >= 0.3 is 0 Å². The quantitative estimate of drug-likeness (QED) is 0.416. The molecule has 1 aromatic heterocycles. The third-order valence-corrected chi connectivity index (χ3v) is 5.89. The molecule has 3 aromatic rings. The van der Waals surface area contributed by atoms with Gasteiger partial charge in [0.2, 0.25) is 12.2 Å². The van der Waals surface area contributed by atoms with Crippen LogP contribution in [-0.4, -0.2) is 67.5 Å². The number of aliphatic hydroxyl groups is 4. The summed E-state index contributed by atoms with van der Waals surface area (Å²) in [4.78, 5) is 0. The largest absolute Gasteiger partial charge is 0.443 e. The van der Waals surface area contributed by atoms with Gasteiger partial charge in [0.25, 0.3) is 0 Å². The Morgan fingerprint density at radius 2 is 1.68 bits per heavy atom. The highest BCUT2D eigenvalue weighted by Crippen LogP contribution is 2.37. The van der Waals surface area contributed by atoms with Gasteiger partial charge in [0.15, 0.2) is 0 Å². The van der Waals surface area contributed by atoms with Gasteiger partial charge in [-0.25, -0.2) is 4.39 Å². The molecule has 0 amide bonds. The molecular formula is C25H29FN2O6. The highest BCUT2D eigenvalue weighted by atomic mass is 19.1. The molecule has 4 N–H and O–H groups in total. The smallest absolute Gasteiger partial charge is 0.239 e. The predicted octanol–water partition coefficient (Wildman–Crippen LogP) is 2.04. The zero-order valence-electron chi connectivity index (χ0n) is 19.0. The van der Waals surface area contributed by atoms with Gasteiger partial charge in [0.05, 0.1) is 12.3 Å². The minimum Gasteiger partial charge on any atom is -0.443 e. The van der Waals surface area contributed by atoms with Crippen molar-refractivity contribution < 1.29 is 34.3 Å². The average Bonchev–Trinajstić information content (AvgIpc) is 3.18. The predicted molar refractivity (Wildman–Crippen MR) is 122 cm³/mol. The lowest BCUT2D eigenvalue weighted by molar-refractivity contribution is -0.278. The molecule has 2 aromatic carbocycles. The van der Waals surface area contributed by atoms with E-state index in [1.165, 1.54) is 6.07 Å². The zero-order valence-corrected chi connectivity index (χ0v) is 19.0. The van der Waals surface area contributed by atoms with E-state index in [2.05, 4.69) is 5.10 Å². The van der Waals surface area contributed by atoms with E-state index < -0.39 is 43.1 Å². The molecule has 1 aliphatic rings. The van der Waals surface area contributed by atoms with Crippen LogP contribution in [0.5, 0.6) is 5.88 Å². The monoisotopic (exact) mass is 472 g/mol. The summed E-state index contributed by atoms with van der Waals surface area (Å²) in [6.07, 6.45) is -6.88. The van der Waals surface area contributed by atoms with E-state index in [1.807, 2.05) is 44.2 Å². The Bertz CT molecular complexity index is 1100. The van der Waals surface area contributed by atoms with Crippen LogP contribution in [0.1, 0.15) is 31.0 Å². The van der Waals surface area contributed by atoms with Gasteiger partial charge in [-0.05, 0) is 31.5 Å². The molecule has 34 heavy (non-hydrogen) atoms. The fraction of sp³-hybridized carbons (Fsp3) is 0.400. The van der Waals surface area contributed by atoms with E-state index in [1.54, 1.807) is 22.9 Å². The summed E-state index contributed by atoms with van der Waals surface area (Å²) in [6, 6.07) is 15.8. The average molecular weight is 473 g/mol. The molecule has 0 radical (unpaired) electrons. The second-order valence-corrected chi connectivity index (χ2v) is 8.63. The van der Waals surface area contributed by atoms with Crippen molar-refractivity contribution in [1.82, 2.24) is 9.78 Å². The first kappa shape index (κ1) is 24.3. The number of halogens is 1. The molecule has 1 saturated heterocycles. The number of rotatable bonds is 7. The van der Waals surface area contributed by atoms with Crippen molar-refractivity contribution in [2.45, 2.75) is 57.0 Å². The van der Waals surface area contributed by atoms with Gasteiger partial charge in [-0.2, -0.15) is 0 Å². The Hall–Kier alpha value is -2.82. The molecule has 182 valence electrons. The third-order valence-electron chi connectivity index (χ3n) is 5.89. The summed E-state index contributed by atoms with van der Waals surface area (Å²) < 4.78 is 28.0. The Morgan fingerprint density at radius 1 is 1.00 bits per heavy atom. The number of hydrogen-bond acceptors (Lipinski definition) is 7. The van der Waals surface area contributed by atoms with Crippen molar-refractivity contribution >= 4 is 0 Å². The molecule has 0 aliphatic carbocycles. The minimum atomic E-state index is -1.59. The topological polar surface area (TPSA) is 117 Å². The van der Waals surface area contributed by atoms with Gasteiger partial charge in [0.1, 0.15) is 30.2 Å². The molecule has 0 bridgehead atoms. The molecule has 4 rings (SSSR count). The molecule has 2 heterocycles. The third kappa shape index (κ3) is 4.70. The summed E-state index contributed by atoms with van der Waals surface area (Å²) in [7, 11) is 0. The molecule has 0 spiro atoms. The Kier molecular flexibility index (Phi) is 7.30. The number of aromatic nitrogens is 2. The van der Waals surface area contributed by atoms with E-state index in [0.717, 1.165) is 5.56 Å². The van der Waals surface area contributed by atoms with Crippen molar-refractivity contribution in [3.8, 4) is 17.1 Å². The van der Waals surface area contributed by atoms with Crippen molar-refractivity contribution in [3.05, 3.63) is 71.5 Å². The molecular weight excluding hydrogens is 443 g/mol. The van der Waals surface area contributed by atoms with Crippen LogP contribution in [0.3, 0.4) is 0 Å². The van der Waals surface area contributed by atoms with Gasteiger partial charge in [-0.1, -0.05) is 42.5 Å². The van der Waals surface area contributed by atoms with Crippen LogP contribution in [0.2, 0.25) is 0 Å². The van der Waals surface area contributed by atoms with Gasteiger partial charge in [-0.15, -0.1) is 5.10 Å². The maximum Gasteiger partial charge on any atom is 0.239 e. The fourth-order valence-electron chi connectivity index (χ4n) is 4.09. The first-order valence-electron chi connectivity index (χ1n) is 11.2. The highest BCUT2D eigenvalue weighted by molar-refractivity contribution is 5.67. The summed E-state index contributed by atoms with van der Waals surface area (Å²) in [6.45, 7) is 3.23. The van der Waals surface area contributed by atoms with Crippen LogP contribution in [-0.2, 0) is 11.2 Å². The minimum absolute atomic E-state index is 0.0973. The Morgan fingerprint density at radius 3 is 2.32 bits per heavy atom. The fourth-order valence-corrected chi connectivity index (χ4v) is 4.09. The lowest BCUT2D eigenvalue weighted by atomic mass is 9.99. The van der Waals surface area contributed by atoms with Crippen LogP contribution >= 0.6 is 0 Å². The Labute approximate surface area is 196 Å². The molecule has 1 fully saturated rings. The number of benzene rings is 2. The van der Waals surface area contributed by atoms with E-state index in [9.17, 15) is 24.8 Å². The lowest BCUT2D eigenvalue weighted by Crippen LogP contribution is -2.60. The maximum atomic E-state index is 14.9. The van der Waals surface area contributed by atoms with Crippen molar-refractivity contribution in [1.29, 1.82) is 0 Å². The van der Waals surface area contributed by atoms with Crippen molar-refractivity contribution in [2.24, 2.45) is 0 Å². The molecule has 8 nitrogen and oxygen atoms in total. The van der Waals surface area contributed by atoms with E-state index in [4.69, 9.17) is 9.47 Å². The van der Waals surface area contributed by atoms with Crippen molar-refractivity contribution in [3.63, 3.8) is 0 Å². The number of hydrogen-bond donors (Lipinski definition) is 4. The highest BCUT2D eigenvalue weighted by Gasteiger charge is 2.45. The maximum absolute atomic E-state index is 14.9. The second-order valence-electron chi connectivity index (χ2n) is 8.63. The van der Waals surface area contributed by atoms with Crippen LogP contribution in [0, 0.1) is 5.82 Å². The second kappa shape index (κ2) is 10.2. The summed E-state index contributed by atoms with van der Waals surface area (Å²) in [5.74, 6) is -0.321.